The van der Waals surface area contributed by atoms with Gasteiger partial charge in [0.15, 0.2) is 5.03 Å². The Morgan fingerprint density at radius 1 is 1.26 bits per heavy atom. The highest BCUT2D eigenvalue weighted by Crippen LogP contribution is 2.22. The lowest BCUT2D eigenvalue weighted by molar-refractivity contribution is 0.0493. The molecule has 8 nitrogen and oxygen atoms in total. The summed E-state index contributed by atoms with van der Waals surface area (Å²) >= 11 is 0. The molecule has 1 aromatic heterocycles. The summed E-state index contributed by atoms with van der Waals surface area (Å²) in [6.45, 7) is 1.05. The largest absolute Gasteiger partial charge is 0.445 e. The maximum absolute atomic E-state index is 11.9. The standard InChI is InChI=1S/C14H16N4O4S/c15-23(20,21)13-6-7-18(16-13)12-8-17(9-12)14(19)22-10-11-4-2-1-3-5-11/h1-7,12H,8-10H2,(H2,15,20,21). The van der Waals surface area contributed by atoms with Gasteiger partial charge in [-0.3, -0.25) is 4.68 Å². The van der Waals surface area contributed by atoms with Crippen LogP contribution in [0.4, 0.5) is 4.79 Å². The van der Waals surface area contributed by atoms with Crippen molar-refractivity contribution in [3.05, 3.63) is 48.2 Å². The molecule has 0 bridgehead atoms. The average molecular weight is 336 g/mol. The van der Waals surface area contributed by atoms with Gasteiger partial charge in [0.05, 0.1) is 6.04 Å². The molecule has 1 aliphatic heterocycles. The first kappa shape index (κ1) is 15.5. The zero-order valence-corrected chi connectivity index (χ0v) is 13.0. The van der Waals surface area contributed by atoms with Crippen LogP contribution in [0.25, 0.3) is 0 Å². The average Bonchev–Trinajstić information content (AvgIpc) is 2.94. The van der Waals surface area contributed by atoms with E-state index in [2.05, 4.69) is 5.10 Å². The topological polar surface area (TPSA) is 108 Å². The third kappa shape index (κ3) is 3.51. The Balaban J connectivity index is 1.50. The monoisotopic (exact) mass is 336 g/mol. The van der Waals surface area contributed by atoms with Crippen LogP contribution >= 0.6 is 0 Å². The van der Waals surface area contributed by atoms with Crippen molar-refractivity contribution < 1.29 is 17.9 Å². The number of nitrogens with two attached hydrogens (primary N) is 1. The summed E-state index contributed by atoms with van der Waals surface area (Å²) < 4.78 is 29.1. The number of rotatable bonds is 4. The van der Waals surface area contributed by atoms with E-state index in [-0.39, 0.29) is 17.7 Å². The number of hydrogen-bond donors (Lipinski definition) is 1. The van der Waals surface area contributed by atoms with Crippen LogP contribution in [-0.2, 0) is 21.4 Å². The number of sulfonamides is 1. The molecule has 2 N–H and O–H groups in total. The van der Waals surface area contributed by atoms with Crippen molar-refractivity contribution in [2.45, 2.75) is 17.7 Å². The number of amides is 1. The zero-order valence-electron chi connectivity index (χ0n) is 12.2. The molecule has 122 valence electrons. The summed E-state index contributed by atoms with van der Waals surface area (Å²) in [5.41, 5.74) is 0.919. The molecule has 0 aliphatic carbocycles. The van der Waals surface area contributed by atoms with Gasteiger partial charge in [0.25, 0.3) is 10.0 Å². The van der Waals surface area contributed by atoms with Crippen molar-refractivity contribution in [2.75, 3.05) is 13.1 Å². The molecule has 0 radical (unpaired) electrons. The second kappa shape index (κ2) is 6.01. The number of benzene rings is 1. The summed E-state index contributed by atoms with van der Waals surface area (Å²) in [6.07, 6.45) is 1.14. The summed E-state index contributed by atoms with van der Waals surface area (Å²) in [5, 5.41) is 8.75. The Morgan fingerprint density at radius 2 is 1.96 bits per heavy atom. The first-order valence-corrected chi connectivity index (χ1v) is 8.52. The fourth-order valence-electron chi connectivity index (χ4n) is 2.26. The zero-order chi connectivity index (χ0) is 16.4. The van der Waals surface area contributed by atoms with Crippen molar-refractivity contribution in [3.8, 4) is 0 Å². The summed E-state index contributed by atoms with van der Waals surface area (Å²) in [6, 6.07) is 10.7. The van der Waals surface area contributed by atoms with Crippen LogP contribution in [0.5, 0.6) is 0 Å². The van der Waals surface area contributed by atoms with E-state index >= 15 is 0 Å². The van der Waals surface area contributed by atoms with Gasteiger partial charge in [-0.1, -0.05) is 30.3 Å². The number of aromatic nitrogens is 2. The van der Waals surface area contributed by atoms with Crippen molar-refractivity contribution >= 4 is 16.1 Å². The molecule has 23 heavy (non-hydrogen) atoms. The van der Waals surface area contributed by atoms with Crippen LogP contribution in [-0.4, -0.2) is 42.3 Å². The van der Waals surface area contributed by atoms with Gasteiger partial charge < -0.3 is 9.64 Å². The van der Waals surface area contributed by atoms with E-state index in [1.807, 2.05) is 30.3 Å². The van der Waals surface area contributed by atoms with Gasteiger partial charge in [-0.15, -0.1) is 0 Å². The number of primary sulfonamides is 1. The van der Waals surface area contributed by atoms with E-state index in [9.17, 15) is 13.2 Å². The lowest BCUT2D eigenvalue weighted by Crippen LogP contribution is -2.51. The van der Waals surface area contributed by atoms with Crippen LogP contribution in [0.2, 0.25) is 0 Å². The van der Waals surface area contributed by atoms with Crippen molar-refractivity contribution in [3.63, 3.8) is 0 Å². The fraction of sp³-hybridized carbons (Fsp3) is 0.286. The van der Waals surface area contributed by atoms with E-state index < -0.39 is 16.1 Å². The number of likely N-dealkylation sites (tertiary alicyclic amines) is 1. The highest BCUT2D eigenvalue weighted by atomic mass is 32.2. The van der Waals surface area contributed by atoms with Crippen LogP contribution < -0.4 is 5.14 Å². The number of hydrogen-bond acceptors (Lipinski definition) is 5. The fourth-order valence-corrected chi connectivity index (χ4v) is 2.72. The van der Waals surface area contributed by atoms with E-state index in [1.165, 1.54) is 21.8 Å². The molecular weight excluding hydrogens is 320 g/mol. The Bertz CT molecular complexity index is 797. The first-order valence-electron chi connectivity index (χ1n) is 6.97. The maximum Gasteiger partial charge on any atom is 0.410 e. The molecule has 0 spiro atoms. The quantitative estimate of drug-likeness (QED) is 0.885. The van der Waals surface area contributed by atoms with Crippen molar-refractivity contribution in [1.82, 2.24) is 14.7 Å². The number of carbonyl (C=O) groups excluding carboxylic acids is 1. The van der Waals surface area contributed by atoms with Gasteiger partial charge in [-0.05, 0) is 11.6 Å². The van der Waals surface area contributed by atoms with Crippen LogP contribution in [0, 0.1) is 0 Å². The van der Waals surface area contributed by atoms with Crippen LogP contribution in [0.1, 0.15) is 11.6 Å². The van der Waals surface area contributed by atoms with E-state index in [0.29, 0.717) is 13.1 Å². The van der Waals surface area contributed by atoms with Gasteiger partial charge in [0.1, 0.15) is 6.61 Å². The SMILES string of the molecule is NS(=O)(=O)c1ccn(C2CN(C(=O)OCc3ccccc3)C2)n1. The molecule has 9 heteroatoms. The predicted octanol–water partition coefficient (Wildman–Crippen LogP) is 0.724. The highest BCUT2D eigenvalue weighted by molar-refractivity contribution is 7.89. The molecule has 1 aromatic carbocycles. The van der Waals surface area contributed by atoms with Crippen LogP contribution in [0.15, 0.2) is 47.6 Å². The van der Waals surface area contributed by atoms with Gasteiger partial charge in [-0.2, -0.15) is 5.10 Å². The minimum atomic E-state index is -3.81. The maximum atomic E-state index is 11.9. The second-order valence-corrected chi connectivity index (χ2v) is 6.79. The van der Waals surface area contributed by atoms with Crippen molar-refractivity contribution in [1.29, 1.82) is 0 Å². The third-order valence-corrected chi connectivity index (χ3v) is 4.38. The van der Waals surface area contributed by atoms with E-state index in [1.54, 1.807) is 0 Å². The summed E-state index contributed by atoms with van der Waals surface area (Å²) in [7, 11) is -3.81. The summed E-state index contributed by atoms with van der Waals surface area (Å²) in [5.74, 6) is 0. The molecule has 0 saturated carbocycles. The first-order chi connectivity index (χ1) is 10.9. The molecule has 0 unspecified atom stereocenters. The van der Waals surface area contributed by atoms with Gasteiger partial charge in [0.2, 0.25) is 0 Å². The predicted molar refractivity (Wildman–Crippen MR) is 80.8 cm³/mol. The molecule has 3 rings (SSSR count). The number of nitrogens with zero attached hydrogens (tertiary/aromatic N) is 3. The minimum absolute atomic E-state index is 0.0743. The van der Waals surface area contributed by atoms with Crippen LogP contribution in [0.3, 0.4) is 0 Å². The van der Waals surface area contributed by atoms with Gasteiger partial charge in [-0.25, -0.2) is 18.4 Å². The molecule has 2 aromatic rings. The second-order valence-electron chi connectivity index (χ2n) is 5.28. The Kier molecular flexibility index (Phi) is 4.05. The lowest BCUT2D eigenvalue weighted by atomic mass is 10.1. The third-order valence-electron chi connectivity index (χ3n) is 3.58. The Morgan fingerprint density at radius 3 is 2.57 bits per heavy atom. The molecule has 1 aliphatic rings. The molecular formula is C14H16N4O4S. The number of ether oxygens (including phenoxy) is 1. The van der Waals surface area contributed by atoms with Crippen molar-refractivity contribution in [2.24, 2.45) is 5.14 Å². The Labute approximate surface area is 133 Å². The van der Waals surface area contributed by atoms with Gasteiger partial charge >= 0.3 is 6.09 Å². The van der Waals surface area contributed by atoms with Gasteiger partial charge in [0, 0.05) is 19.3 Å². The number of carbonyl (C=O) groups is 1. The molecule has 0 atom stereocenters. The normalized spacial score (nSPS) is 15.3. The molecule has 1 fully saturated rings. The minimum Gasteiger partial charge on any atom is -0.445 e. The molecule has 1 saturated heterocycles. The lowest BCUT2D eigenvalue weighted by Gasteiger charge is -2.38. The van der Waals surface area contributed by atoms with E-state index in [4.69, 9.17) is 9.88 Å². The van der Waals surface area contributed by atoms with E-state index in [0.717, 1.165) is 5.56 Å². The Hall–Kier alpha value is -2.39. The summed E-state index contributed by atoms with van der Waals surface area (Å²) in [4.78, 5) is 13.4. The highest BCUT2D eigenvalue weighted by Gasteiger charge is 2.34. The smallest absolute Gasteiger partial charge is 0.410 e. The molecule has 1 amide bonds. The molecule has 2 heterocycles.